The zero-order valence-corrected chi connectivity index (χ0v) is 41.0. The third-order valence-electron chi connectivity index (χ3n) is 10.3. The van der Waals surface area contributed by atoms with Crippen molar-refractivity contribution in [2.75, 3.05) is 13.2 Å². The van der Waals surface area contributed by atoms with E-state index in [0.29, 0.717) is 19.3 Å². The lowest BCUT2D eigenvalue weighted by Gasteiger charge is -2.18. The molecule has 0 aliphatic heterocycles. The Morgan fingerprint density at radius 1 is 0.344 bits per heavy atom. The molecule has 0 aliphatic carbocycles. The van der Waals surface area contributed by atoms with Gasteiger partial charge in [0.2, 0.25) is 0 Å². The Bertz CT molecular complexity index is 1390. The molecule has 6 heteroatoms. The second-order valence-electron chi connectivity index (χ2n) is 16.4. The summed E-state index contributed by atoms with van der Waals surface area (Å²) in [4.78, 5) is 37.9. The number of hydrogen-bond donors (Lipinski definition) is 0. The minimum Gasteiger partial charge on any atom is -0.462 e. The minimum atomic E-state index is -0.828. The van der Waals surface area contributed by atoms with Crippen LogP contribution in [0.3, 0.4) is 0 Å². The van der Waals surface area contributed by atoms with E-state index in [1.165, 1.54) is 77.0 Å². The molecule has 1 atom stereocenters. The third kappa shape index (κ3) is 48.8. The molecular weight excluding hydrogens is 793 g/mol. The van der Waals surface area contributed by atoms with E-state index in [0.717, 1.165) is 77.0 Å². The van der Waals surface area contributed by atoms with E-state index >= 15 is 0 Å². The summed E-state index contributed by atoms with van der Waals surface area (Å²) in [7, 11) is 0. The van der Waals surface area contributed by atoms with E-state index in [-0.39, 0.29) is 44.0 Å². The lowest BCUT2D eigenvalue weighted by molar-refractivity contribution is -0.167. The molecule has 64 heavy (non-hydrogen) atoms. The molecule has 0 spiro atoms. The highest BCUT2D eigenvalue weighted by molar-refractivity contribution is 5.71. The quantitative estimate of drug-likeness (QED) is 0.0199. The highest BCUT2D eigenvalue weighted by Gasteiger charge is 2.19. The predicted octanol–water partition coefficient (Wildman–Crippen LogP) is 16.9. The number of allylic oxidation sites excluding steroid dienone is 20. The van der Waals surface area contributed by atoms with Crippen LogP contribution in [0.25, 0.3) is 0 Å². The molecule has 0 rings (SSSR count). The second-order valence-corrected chi connectivity index (χ2v) is 16.4. The van der Waals surface area contributed by atoms with Crippen molar-refractivity contribution in [1.82, 2.24) is 0 Å². The maximum atomic E-state index is 12.8. The number of ether oxygens (including phenoxy) is 3. The molecule has 1 unspecified atom stereocenters. The molecule has 0 bridgehead atoms. The van der Waals surface area contributed by atoms with Crippen molar-refractivity contribution in [2.24, 2.45) is 0 Å². The van der Waals surface area contributed by atoms with Crippen LogP contribution < -0.4 is 0 Å². The van der Waals surface area contributed by atoms with Gasteiger partial charge in [0.05, 0.1) is 0 Å². The lowest BCUT2D eigenvalue weighted by Crippen LogP contribution is -2.30. The SMILES string of the molecule is CC\C=C/C=C\C=C/C=C\C=C/CCCC(=O)OCC(COC(=O)CCCCCCCCC/C=C\CCCCCCCC)OC(=O)CCCCC/C=C\C/C=C\C/C=C\C/C=C\CC. The molecule has 0 heterocycles. The first-order valence-electron chi connectivity index (χ1n) is 25.6. The van der Waals surface area contributed by atoms with Gasteiger partial charge in [-0.25, -0.2) is 0 Å². The summed E-state index contributed by atoms with van der Waals surface area (Å²) in [5.41, 5.74) is 0. The molecule has 0 aromatic rings. The summed E-state index contributed by atoms with van der Waals surface area (Å²) in [5, 5.41) is 0. The van der Waals surface area contributed by atoms with Crippen LogP contribution in [0.1, 0.15) is 207 Å². The highest BCUT2D eigenvalue weighted by atomic mass is 16.6. The van der Waals surface area contributed by atoms with Gasteiger partial charge in [-0.2, -0.15) is 0 Å². The monoisotopic (exact) mass is 885 g/mol. The van der Waals surface area contributed by atoms with Crippen molar-refractivity contribution >= 4 is 17.9 Å². The molecule has 0 radical (unpaired) electrons. The normalized spacial score (nSPS) is 13.1. The number of esters is 3. The maximum absolute atomic E-state index is 12.8. The van der Waals surface area contributed by atoms with Crippen LogP contribution in [-0.4, -0.2) is 37.2 Å². The standard InChI is InChI=1S/C58H92O6/c1-4-7-10-13-16-19-22-25-27-29-31-33-36-39-42-45-48-51-57(60)63-54-55(53-62-56(59)50-47-44-41-38-35-32-24-21-18-15-12-9-6-3)64-58(61)52-49-46-43-40-37-34-30-28-26-23-20-17-14-11-8-5-2/h8-9,11-12,15,17-18,20-21,24-28,32,34-35,37-38,41,55H,4-7,10,13-14,16,19,22-23,29-31,33,36,39-40,42-54H2,1-3H3/b11-8-,12-9-,18-15-,20-17-,24-21-,27-25-,28-26-,35-32-,37-34-,41-38-. The molecule has 0 amide bonds. The van der Waals surface area contributed by atoms with Gasteiger partial charge in [-0.15, -0.1) is 0 Å². The number of hydrogen-bond acceptors (Lipinski definition) is 6. The summed E-state index contributed by atoms with van der Waals surface area (Å²) >= 11 is 0. The number of rotatable bonds is 44. The summed E-state index contributed by atoms with van der Waals surface area (Å²) in [5.74, 6) is -1.04. The van der Waals surface area contributed by atoms with Gasteiger partial charge in [-0.1, -0.05) is 213 Å². The van der Waals surface area contributed by atoms with Crippen LogP contribution >= 0.6 is 0 Å². The molecule has 0 saturated heterocycles. The molecule has 0 fully saturated rings. The van der Waals surface area contributed by atoms with Gasteiger partial charge in [0.25, 0.3) is 0 Å². The van der Waals surface area contributed by atoms with Crippen LogP contribution in [-0.2, 0) is 28.6 Å². The average Bonchev–Trinajstić information content (AvgIpc) is 3.29. The summed E-state index contributed by atoms with van der Waals surface area (Å²) in [6.07, 6.45) is 70.5. The van der Waals surface area contributed by atoms with Crippen molar-refractivity contribution in [1.29, 1.82) is 0 Å². The van der Waals surface area contributed by atoms with Crippen LogP contribution in [0, 0.1) is 0 Å². The number of carbonyl (C=O) groups is 3. The van der Waals surface area contributed by atoms with Crippen LogP contribution in [0.4, 0.5) is 0 Å². The molecule has 0 N–H and O–H groups in total. The Hall–Kier alpha value is -4.19. The van der Waals surface area contributed by atoms with Crippen LogP contribution in [0.15, 0.2) is 122 Å². The second kappa shape index (κ2) is 51.4. The van der Waals surface area contributed by atoms with Crippen molar-refractivity contribution in [2.45, 2.75) is 213 Å². The first-order valence-corrected chi connectivity index (χ1v) is 25.6. The van der Waals surface area contributed by atoms with Gasteiger partial charge < -0.3 is 14.2 Å². The lowest BCUT2D eigenvalue weighted by atomic mass is 10.1. The van der Waals surface area contributed by atoms with E-state index in [9.17, 15) is 14.4 Å². The fourth-order valence-corrected chi connectivity index (χ4v) is 6.52. The molecule has 360 valence electrons. The average molecular weight is 885 g/mol. The fraction of sp³-hybridized carbons (Fsp3) is 0.603. The predicted molar refractivity (Wildman–Crippen MR) is 274 cm³/mol. The molecular formula is C58H92O6. The largest absolute Gasteiger partial charge is 0.462 e. The van der Waals surface area contributed by atoms with Gasteiger partial charge in [-0.3, -0.25) is 14.4 Å². The Morgan fingerprint density at radius 3 is 1.22 bits per heavy atom. The zero-order valence-electron chi connectivity index (χ0n) is 41.0. The highest BCUT2D eigenvalue weighted by Crippen LogP contribution is 2.13. The minimum absolute atomic E-state index is 0.119. The summed E-state index contributed by atoms with van der Waals surface area (Å²) in [6, 6.07) is 0. The molecule has 0 saturated carbocycles. The molecule has 0 aromatic carbocycles. The molecule has 6 nitrogen and oxygen atoms in total. The summed E-state index contributed by atoms with van der Waals surface area (Å²) < 4.78 is 16.7. The van der Waals surface area contributed by atoms with Gasteiger partial charge in [0, 0.05) is 19.3 Å². The van der Waals surface area contributed by atoms with E-state index in [2.05, 4.69) is 87.6 Å². The van der Waals surface area contributed by atoms with Crippen LogP contribution in [0.2, 0.25) is 0 Å². The summed E-state index contributed by atoms with van der Waals surface area (Å²) in [6.45, 7) is 6.26. The topological polar surface area (TPSA) is 78.9 Å². The van der Waals surface area contributed by atoms with E-state index < -0.39 is 6.10 Å². The molecule has 0 aliphatic rings. The number of carbonyl (C=O) groups excluding carboxylic acids is 3. The first-order chi connectivity index (χ1) is 31.5. The fourth-order valence-electron chi connectivity index (χ4n) is 6.52. The van der Waals surface area contributed by atoms with E-state index in [1.54, 1.807) is 0 Å². The van der Waals surface area contributed by atoms with Crippen LogP contribution in [0.5, 0.6) is 0 Å². The number of unbranched alkanes of at least 4 members (excludes halogenated alkanes) is 17. The zero-order chi connectivity index (χ0) is 46.5. The van der Waals surface area contributed by atoms with Gasteiger partial charge in [0.15, 0.2) is 6.10 Å². The van der Waals surface area contributed by atoms with Crippen molar-refractivity contribution in [3.8, 4) is 0 Å². The van der Waals surface area contributed by atoms with Crippen molar-refractivity contribution in [3.05, 3.63) is 122 Å². The third-order valence-corrected chi connectivity index (χ3v) is 10.3. The van der Waals surface area contributed by atoms with Crippen molar-refractivity contribution in [3.63, 3.8) is 0 Å². The Kier molecular flexibility index (Phi) is 48.1. The van der Waals surface area contributed by atoms with E-state index in [4.69, 9.17) is 14.2 Å². The van der Waals surface area contributed by atoms with E-state index in [1.807, 2.05) is 54.7 Å². The molecule has 0 aromatic heterocycles. The Balaban J connectivity index is 4.55. The Labute approximate surface area is 392 Å². The maximum Gasteiger partial charge on any atom is 0.306 e. The van der Waals surface area contributed by atoms with Gasteiger partial charge in [0.1, 0.15) is 13.2 Å². The smallest absolute Gasteiger partial charge is 0.306 e. The van der Waals surface area contributed by atoms with Gasteiger partial charge in [-0.05, 0) is 96.3 Å². The van der Waals surface area contributed by atoms with Gasteiger partial charge >= 0.3 is 17.9 Å². The van der Waals surface area contributed by atoms with Crippen molar-refractivity contribution < 1.29 is 28.6 Å². The Morgan fingerprint density at radius 2 is 0.703 bits per heavy atom. The first kappa shape index (κ1) is 59.8.